The Bertz CT molecular complexity index is 345. The fourth-order valence-electron chi connectivity index (χ4n) is 0.997. The van der Waals surface area contributed by atoms with Crippen molar-refractivity contribution < 1.29 is 4.42 Å². The Labute approximate surface area is 92.0 Å². The Morgan fingerprint density at radius 1 is 1.47 bits per heavy atom. The van der Waals surface area contributed by atoms with E-state index in [1.807, 2.05) is 45.9 Å². The van der Waals surface area contributed by atoms with E-state index >= 15 is 0 Å². The van der Waals surface area contributed by atoms with Crippen molar-refractivity contribution in [2.24, 2.45) is 0 Å². The molecule has 0 unspecified atom stereocenters. The number of aryl methyl sites for hydroxylation is 1. The Hall–Kier alpha value is -1.57. The van der Waals surface area contributed by atoms with E-state index in [9.17, 15) is 0 Å². The van der Waals surface area contributed by atoms with Crippen molar-refractivity contribution >= 4 is 5.57 Å². The molecule has 1 rings (SSSR count). The van der Waals surface area contributed by atoms with Gasteiger partial charge in [0.2, 0.25) is 0 Å². The van der Waals surface area contributed by atoms with Gasteiger partial charge >= 0.3 is 0 Å². The predicted octanol–water partition coefficient (Wildman–Crippen LogP) is 4.15. The molecule has 2 nitrogen and oxygen atoms in total. The van der Waals surface area contributed by atoms with Crippen molar-refractivity contribution in [3.05, 3.63) is 48.7 Å². The molecule has 0 amide bonds. The van der Waals surface area contributed by atoms with Crippen LogP contribution in [-0.4, -0.2) is 4.98 Å². The zero-order valence-electron chi connectivity index (χ0n) is 9.95. The van der Waals surface area contributed by atoms with Gasteiger partial charge in [-0.1, -0.05) is 44.7 Å². The molecule has 0 N–H and O–H groups in total. The first-order valence-electron chi connectivity index (χ1n) is 5.16. The minimum absolute atomic E-state index is 0.682. The molecule has 0 bridgehead atoms. The summed E-state index contributed by atoms with van der Waals surface area (Å²) in [6.45, 7) is 11.4. The van der Waals surface area contributed by atoms with Gasteiger partial charge in [-0.3, -0.25) is 0 Å². The molecule has 0 spiro atoms. The van der Waals surface area contributed by atoms with Gasteiger partial charge in [-0.25, -0.2) is 4.98 Å². The van der Waals surface area contributed by atoms with E-state index in [-0.39, 0.29) is 0 Å². The van der Waals surface area contributed by atoms with Gasteiger partial charge in [0, 0.05) is 6.92 Å². The van der Waals surface area contributed by atoms with Gasteiger partial charge in [-0.15, -0.1) is 0 Å². The molecule has 0 aliphatic carbocycles. The zero-order chi connectivity index (χ0) is 11.7. The first-order valence-corrected chi connectivity index (χ1v) is 5.16. The monoisotopic (exact) mass is 205 g/mol. The van der Waals surface area contributed by atoms with Gasteiger partial charge < -0.3 is 4.42 Å². The average molecular weight is 205 g/mol. The van der Waals surface area contributed by atoms with Crippen molar-refractivity contribution in [2.45, 2.75) is 27.7 Å². The molecule has 82 valence electrons. The number of aromatic nitrogens is 1. The second kappa shape index (κ2) is 7.80. The zero-order valence-corrected chi connectivity index (χ0v) is 9.95. The minimum Gasteiger partial charge on any atom is -0.449 e. The third-order valence-corrected chi connectivity index (χ3v) is 1.64. The Morgan fingerprint density at radius 3 is 2.53 bits per heavy atom. The summed E-state index contributed by atoms with van der Waals surface area (Å²) in [6.07, 6.45) is 9.19. The normalized spacial score (nSPS) is 11.1. The van der Waals surface area contributed by atoms with E-state index in [1.54, 1.807) is 12.3 Å². The van der Waals surface area contributed by atoms with E-state index in [0.717, 1.165) is 11.3 Å². The molecule has 1 aromatic heterocycles. The highest BCUT2D eigenvalue weighted by Gasteiger charge is 2.01. The summed E-state index contributed by atoms with van der Waals surface area (Å²) in [6, 6.07) is 0. The van der Waals surface area contributed by atoms with Crippen molar-refractivity contribution in [2.75, 3.05) is 0 Å². The standard InChI is InChI=1S/C11H13NO.C2H6/c1-4-6-7-10(5-2)11-8-13-9(3)12-11;1-2/h4-8H,1H2,2-3H3;1-2H3/b7-6-,10-5+;. The molecule has 0 aliphatic rings. The van der Waals surface area contributed by atoms with Crippen molar-refractivity contribution in [1.82, 2.24) is 4.98 Å². The van der Waals surface area contributed by atoms with Crippen LogP contribution in [0.25, 0.3) is 5.57 Å². The molecule has 0 saturated heterocycles. The molecular weight excluding hydrogens is 186 g/mol. The highest BCUT2D eigenvalue weighted by atomic mass is 16.3. The van der Waals surface area contributed by atoms with Crippen molar-refractivity contribution in [1.29, 1.82) is 0 Å². The first kappa shape index (κ1) is 13.4. The largest absolute Gasteiger partial charge is 0.449 e. The van der Waals surface area contributed by atoms with Crippen LogP contribution in [0.2, 0.25) is 0 Å². The Kier molecular flexibility index (Phi) is 6.98. The second-order valence-electron chi connectivity index (χ2n) is 2.59. The number of rotatable bonds is 3. The van der Waals surface area contributed by atoms with Gasteiger partial charge in [0.05, 0.1) is 0 Å². The van der Waals surface area contributed by atoms with Crippen LogP contribution in [0, 0.1) is 6.92 Å². The van der Waals surface area contributed by atoms with E-state index in [4.69, 9.17) is 4.42 Å². The van der Waals surface area contributed by atoms with Crippen LogP contribution in [0.4, 0.5) is 0 Å². The van der Waals surface area contributed by atoms with Crippen LogP contribution in [0.5, 0.6) is 0 Å². The highest BCUT2D eigenvalue weighted by Crippen LogP contribution is 2.14. The molecule has 0 aliphatic heterocycles. The molecule has 0 atom stereocenters. The third kappa shape index (κ3) is 4.45. The van der Waals surface area contributed by atoms with Crippen LogP contribution in [0.15, 0.2) is 41.6 Å². The number of hydrogen-bond donors (Lipinski definition) is 0. The van der Waals surface area contributed by atoms with E-state index in [0.29, 0.717) is 5.89 Å². The van der Waals surface area contributed by atoms with Gasteiger partial charge in [-0.2, -0.15) is 0 Å². The second-order valence-corrected chi connectivity index (χ2v) is 2.59. The molecule has 0 aromatic carbocycles. The van der Waals surface area contributed by atoms with Gasteiger partial charge in [0.15, 0.2) is 5.89 Å². The summed E-state index contributed by atoms with van der Waals surface area (Å²) in [5, 5.41) is 0. The van der Waals surface area contributed by atoms with Crippen LogP contribution in [0.3, 0.4) is 0 Å². The first-order chi connectivity index (χ1) is 7.27. The van der Waals surface area contributed by atoms with Crippen LogP contribution in [0.1, 0.15) is 32.4 Å². The molecule has 0 fully saturated rings. The average Bonchev–Trinajstić information content (AvgIpc) is 2.69. The lowest BCUT2D eigenvalue weighted by molar-refractivity contribution is 0.521. The lowest BCUT2D eigenvalue weighted by atomic mass is 10.2. The smallest absolute Gasteiger partial charge is 0.191 e. The summed E-state index contributed by atoms with van der Waals surface area (Å²) < 4.78 is 5.12. The summed E-state index contributed by atoms with van der Waals surface area (Å²) in [4.78, 5) is 4.21. The molecule has 1 heterocycles. The topological polar surface area (TPSA) is 26.0 Å². The van der Waals surface area contributed by atoms with Gasteiger partial charge in [0.1, 0.15) is 12.0 Å². The molecule has 15 heavy (non-hydrogen) atoms. The van der Waals surface area contributed by atoms with Gasteiger partial charge in [0.25, 0.3) is 0 Å². The van der Waals surface area contributed by atoms with Gasteiger partial charge in [-0.05, 0) is 12.5 Å². The minimum atomic E-state index is 0.682. The van der Waals surface area contributed by atoms with E-state index in [1.165, 1.54) is 0 Å². The highest BCUT2D eigenvalue weighted by molar-refractivity contribution is 5.71. The molecule has 0 saturated carbocycles. The quantitative estimate of drug-likeness (QED) is 0.693. The predicted molar refractivity (Wildman–Crippen MR) is 65.6 cm³/mol. The molecule has 1 aromatic rings. The number of nitrogens with zero attached hydrogens (tertiary/aromatic N) is 1. The van der Waals surface area contributed by atoms with Crippen LogP contribution >= 0.6 is 0 Å². The summed E-state index contributed by atoms with van der Waals surface area (Å²) >= 11 is 0. The maximum atomic E-state index is 5.12. The maximum absolute atomic E-state index is 5.12. The van der Waals surface area contributed by atoms with E-state index < -0.39 is 0 Å². The lowest BCUT2D eigenvalue weighted by Crippen LogP contribution is -1.80. The van der Waals surface area contributed by atoms with Crippen molar-refractivity contribution in [3.63, 3.8) is 0 Å². The Balaban J connectivity index is 0.000000921. The number of hydrogen-bond acceptors (Lipinski definition) is 2. The summed E-state index contributed by atoms with van der Waals surface area (Å²) in [7, 11) is 0. The van der Waals surface area contributed by atoms with Crippen LogP contribution in [-0.2, 0) is 0 Å². The van der Waals surface area contributed by atoms with E-state index in [2.05, 4.69) is 11.6 Å². The molecule has 0 radical (unpaired) electrons. The number of oxazole rings is 1. The Morgan fingerprint density at radius 2 is 2.13 bits per heavy atom. The number of allylic oxidation sites excluding steroid dienone is 5. The lowest BCUT2D eigenvalue weighted by Gasteiger charge is -1.92. The third-order valence-electron chi connectivity index (χ3n) is 1.64. The SMILES string of the molecule is C=C/C=C\C(=C/C)c1coc(C)n1.CC. The summed E-state index contributed by atoms with van der Waals surface area (Å²) in [5.74, 6) is 0.682. The maximum Gasteiger partial charge on any atom is 0.191 e. The summed E-state index contributed by atoms with van der Waals surface area (Å²) in [5.41, 5.74) is 1.90. The molecular formula is C13H19NO. The van der Waals surface area contributed by atoms with Crippen LogP contribution < -0.4 is 0 Å². The fraction of sp³-hybridized carbons (Fsp3) is 0.308. The molecule has 2 heteroatoms. The van der Waals surface area contributed by atoms with Crippen molar-refractivity contribution in [3.8, 4) is 0 Å². The fourth-order valence-corrected chi connectivity index (χ4v) is 0.997.